The molecule has 0 spiro atoms. The fourth-order valence-corrected chi connectivity index (χ4v) is 1.61. The van der Waals surface area contributed by atoms with E-state index in [4.69, 9.17) is 26.8 Å². The summed E-state index contributed by atoms with van der Waals surface area (Å²) < 4.78 is 14.7. The predicted octanol–water partition coefficient (Wildman–Crippen LogP) is 1.73. The lowest BCUT2D eigenvalue weighted by molar-refractivity contribution is 0.0596. The maximum Gasteiger partial charge on any atom is 0.343 e. The number of nitrogens with two attached hydrogens (primary N) is 1. The average Bonchev–Trinajstić information content (AvgIpc) is 2.27. The fourth-order valence-electron chi connectivity index (χ4n) is 1.32. The zero-order valence-corrected chi connectivity index (χ0v) is 9.92. The number of rotatable bonds is 3. The van der Waals surface area contributed by atoms with Crippen LogP contribution in [0.15, 0.2) is 6.07 Å². The van der Waals surface area contributed by atoms with E-state index in [1.165, 1.54) is 27.4 Å². The summed E-state index contributed by atoms with van der Waals surface area (Å²) in [7, 11) is 4.06. The Morgan fingerprint density at radius 1 is 1.25 bits per heavy atom. The number of methoxy groups -OCH3 is 3. The molecular weight excluding hydrogens is 234 g/mol. The SMILES string of the molecule is COC(=O)c1c(Cl)cc(N)c(OC)c1OC. The minimum atomic E-state index is -0.611. The zero-order valence-electron chi connectivity index (χ0n) is 9.17. The van der Waals surface area contributed by atoms with Crippen LogP contribution in [0.5, 0.6) is 11.5 Å². The molecule has 1 aromatic carbocycles. The number of nitrogen functional groups attached to an aromatic ring is 1. The van der Waals surface area contributed by atoms with Crippen molar-refractivity contribution < 1.29 is 19.0 Å². The Morgan fingerprint density at radius 3 is 2.25 bits per heavy atom. The number of benzene rings is 1. The highest BCUT2D eigenvalue weighted by molar-refractivity contribution is 6.34. The Balaban J connectivity index is 3.52. The van der Waals surface area contributed by atoms with Crippen molar-refractivity contribution in [2.75, 3.05) is 27.1 Å². The third kappa shape index (κ3) is 1.99. The number of esters is 1. The van der Waals surface area contributed by atoms with E-state index in [1.54, 1.807) is 0 Å². The molecule has 0 amide bonds. The van der Waals surface area contributed by atoms with Crippen molar-refractivity contribution in [2.45, 2.75) is 0 Å². The fraction of sp³-hybridized carbons (Fsp3) is 0.300. The van der Waals surface area contributed by atoms with Gasteiger partial charge in [-0.1, -0.05) is 11.6 Å². The standard InChI is InChI=1S/C10H12ClNO4/c1-14-8-6(12)4-5(11)7(9(8)15-2)10(13)16-3/h4H,12H2,1-3H3. The molecule has 0 bridgehead atoms. The van der Waals surface area contributed by atoms with Gasteiger partial charge in [0, 0.05) is 0 Å². The van der Waals surface area contributed by atoms with Gasteiger partial charge in [0.25, 0.3) is 0 Å². The van der Waals surface area contributed by atoms with Gasteiger partial charge in [0.05, 0.1) is 32.0 Å². The van der Waals surface area contributed by atoms with Crippen molar-refractivity contribution in [3.05, 3.63) is 16.7 Å². The molecule has 0 aliphatic heterocycles. The van der Waals surface area contributed by atoms with Crippen LogP contribution in [0.4, 0.5) is 5.69 Å². The van der Waals surface area contributed by atoms with E-state index in [-0.39, 0.29) is 27.8 Å². The predicted molar refractivity (Wildman–Crippen MR) is 60.3 cm³/mol. The number of hydrogen-bond acceptors (Lipinski definition) is 5. The van der Waals surface area contributed by atoms with Crippen molar-refractivity contribution in [2.24, 2.45) is 0 Å². The highest BCUT2D eigenvalue weighted by Crippen LogP contribution is 2.41. The molecule has 0 atom stereocenters. The van der Waals surface area contributed by atoms with E-state index in [0.29, 0.717) is 0 Å². The van der Waals surface area contributed by atoms with Crippen LogP contribution >= 0.6 is 11.6 Å². The molecule has 0 aliphatic rings. The number of carbonyl (C=O) groups is 1. The summed E-state index contributed by atoms with van der Waals surface area (Å²) in [6.07, 6.45) is 0. The van der Waals surface area contributed by atoms with Crippen LogP contribution in [0.3, 0.4) is 0 Å². The smallest absolute Gasteiger partial charge is 0.343 e. The second-order valence-electron chi connectivity index (χ2n) is 2.88. The van der Waals surface area contributed by atoms with Crippen LogP contribution in [0.25, 0.3) is 0 Å². The first-order valence-corrected chi connectivity index (χ1v) is 4.72. The minimum Gasteiger partial charge on any atom is -0.492 e. The van der Waals surface area contributed by atoms with Gasteiger partial charge >= 0.3 is 5.97 Å². The number of ether oxygens (including phenoxy) is 3. The minimum absolute atomic E-state index is 0.0951. The van der Waals surface area contributed by atoms with Crippen molar-refractivity contribution in [3.63, 3.8) is 0 Å². The highest BCUT2D eigenvalue weighted by atomic mass is 35.5. The molecule has 2 N–H and O–H groups in total. The van der Waals surface area contributed by atoms with Gasteiger partial charge in [-0.3, -0.25) is 0 Å². The third-order valence-corrected chi connectivity index (χ3v) is 2.31. The van der Waals surface area contributed by atoms with Crippen molar-refractivity contribution in [1.29, 1.82) is 0 Å². The molecule has 0 fully saturated rings. The lowest BCUT2D eigenvalue weighted by Gasteiger charge is -2.14. The molecule has 0 radical (unpaired) electrons. The van der Waals surface area contributed by atoms with Gasteiger partial charge in [0.1, 0.15) is 5.56 Å². The summed E-state index contributed by atoms with van der Waals surface area (Å²) in [6, 6.07) is 1.41. The van der Waals surface area contributed by atoms with Gasteiger partial charge in [-0.2, -0.15) is 0 Å². The van der Waals surface area contributed by atoms with Gasteiger partial charge in [-0.25, -0.2) is 4.79 Å². The van der Waals surface area contributed by atoms with E-state index in [9.17, 15) is 4.79 Å². The molecule has 0 saturated carbocycles. The lowest BCUT2D eigenvalue weighted by atomic mass is 10.1. The third-order valence-electron chi connectivity index (χ3n) is 2.01. The lowest BCUT2D eigenvalue weighted by Crippen LogP contribution is -2.08. The molecule has 0 aromatic heterocycles. The molecule has 88 valence electrons. The van der Waals surface area contributed by atoms with Crippen LogP contribution in [-0.4, -0.2) is 27.3 Å². The summed E-state index contributed by atoms with van der Waals surface area (Å²) in [5, 5.41) is 0.155. The summed E-state index contributed by atoms with van der Waals surface area (Å²) in [6.45, 7) is 0. The van der Waals surface area contributed by atoms with Crippen LogP contribution in [0, 0.1) is 0 Å². The molecule has 0 aliphatic carbocycles. The number of halogens is 1. The molecule has 1 rings (SSSR count). The first-order chi connectivity index (χ1) is 7.56. The first kappa shape index (κ1) is 12.4. The molecule has 0 saturated heterocycles. The Kier molecular flexibility index (Phi) is 3.84. The highest BCUT2D eigenvalue weighted by Gasteiger charge is 2.23. The normalized spacial score (nSPS) is 9.75. The second-order valence-corrected chi connectivity index (χ2v) is 3.29. The topological polar surface area (TPSA) is 70.8 Å². The molecule has 0 unspecified atom stereocenters. The summed E-state index contributed by atoms with van der Waals surface area (Å²) in [4.78, 5) is 11.5. The van der Waals surface area contributed by atoms with E-state index in [2.05, 4.69) is 4.74 Å². The average molecular weight is 246 g/mol. The molecule has 6 heteroatoms. The van der Waals surface area contributed by atoms with Gasteiger partial charge in [0.15, 0.2) is 11.5 Å². The monoisotopic (exact) mass is 245 g/mol. The van der Waals surface area contributed by atoms with Crippen LogP contribution < -0.4 is 15.2 Å². The van der Waals surface area contributed by atoms with Gasteiger partial charge < -0.3 is 19.9 Å². The Labute approximate surface area is 98.0 Å². The zero-order chi connectivity index (χ0) is 12.3. The summed E-state index contributed by atoms with van der Waals surface area (Å²) in [5.41, 5.74) is 6.06. The molecule has 0 heterocycles. The van der Waals surface area contributed by atoms with Crippen LogP contribution in [0.1, 0.15) is 10.4 Å². The van der Waals surface area contributed by atoms with E-state index < -0.39 is 5.97 Å². The van der Waals surface area contributed by atoms with E-state index in [1.807, 2.05) is 0 Å². The number of anilines is 1. The Morgan fingerprint density at radius 2 is 1.81 bits per heavy atom. The summed E-state index contributed by atoms with van der Waals surface area (Å²) in [5.74, 6) is -0.188. The maximum absolute atomic E-state index is 11.5. The molecule has 5 nitrogen and oxygen atoms in total. The quantitative estimate of drug-likeness (QED) is 0.649. The van der Waals surface area contributed by atoms with E-state index >= 15 is 0 Å². The largest absolute Gasteiger partial charge is 0.492 e. The van der Waals surface area contributed by atoms with Crippen LogP contribution in [-0.2, 0) is 4.74 Å². The van der Waals surface area contributed by atoms with Gasteiger partial charge in [-0.05, 0) is 6.07 Å². The van der Waals surface area contributed by atoms with Crippen molar-refractivity contribution >= 4 is 23.3 Å². The summed E-state index contributed by atoms with van der Waals surface area (Å²) >= 11 is 5.90. The Hall–Kier alpha value is -1.62. The maximum atomic E-state index is 11.5. The number of carbonyl (C=O) groups excluding carboxylic acids is 1. The first-order valence-electron chi connectivity index (χ1n) is 4.35. The molecule has 1 aromatic rings. The van der Waals surface area contributed by atoms with Gasteiger partial charge in [-0.15, -0.1) is 0 Å². The molecular formula is C10H12ClNO4. The molecule has 16 heavy (non-hydrogen) atoms. The second kappa shape index (κ2) is 4.94. The van der Waals surface area contributed by atoms with Crippen molar-refractivity contribution in [3.8, 4) is 11.5 Å². The van der Waals surface area contributed by atoms with Crippen LogP contribution in [0.2, 0.25) is 5.02 Å². The number of hydrogen-bond donors (Lipinski definition) is 1. The Bertz CT molecular complexity index is 420. The van der Waals surface area contributed by atoms with Gasteiger partial charge in [0.2, 0.25) is 0 Å². The van der Waals surface area contributed by atoms with Crippen molar-refractivity contribution in [1.82, 2.24) is 0 Å². The van der Waals surface area contributed by atoms with E-state index in [0.717, 1.165) is 0 Å².